The number of carbonyl (C=O) groups is 3. The molecule has 47 heavy (non-hydrogen) atoms. The van der Waals surface area contributed by atoms with Crippen molar-refractivity contribution in [2.75, 3.05) is 55.5 Å². The molecule has 1 N–H and O–H groups in total. The number of anilines is 3. The van der Waals surface area contributed by atoms with Crippen LogP contribution in [-0.4, -0.2) is 85.1 Å². The SMILES string of the molecule is CCCN(C)C=O.CCN(CC)c1ncc(N(CC)C(=O)c2cccs2)c(NC(Cc2ccc(OC)cc2)C(=O)OC(C)(C)CC)n1. The molecule has 0 saturated heterocycles. The lowest BCUT2D eigenvalue weighted by Gasteiger charge is -2.29. The Morgan fingerprint density at radius 1 is 1.04 bits per heavy atom. The maximum absolute atomic E-state index is 13.6. The topological polar surface area (TPSA) is 117 Å². The van der Waals surface area contributed by atoms with E-state index in [1.54, 1.807) is 36.2 Å². The molecule has 0 fully saturated rings. The van der Waals surface area contributed by atoms with Crippen molar-refractivity contribution in [3.05, 3.63) is 58.4 Å². The molecular weight excluding hydrogens is 616 g/mol. The lowest BCUT2D eigenvalue weighted by molar-refractivity contribution is -0.157. The summed E-state index contributed by atoms with van der Waals surface area (Å²) >= 11 is 1.38. The number of nitrogens with one attached hydrogen (secondary N) is 1. The Morgan fingerprint density at radius 2 is 1.72 bits per heavy atom. The number of hydrogen-bond donors (Lipinski definition) is 1. The minimum absolute atomic E-state index is 0.152. The van der Waals surface area contributed by atoms with Crippen molar-refractivity contribution in [3.63, 3.8) is 0 Å². The lowest BCUT2D eigenvalue weighted by atomic mass is 10.0. The van der Waals surface area contributed by atoms with E-state index in [1.165, 1.54) is 11.3 Å². The molecule has 0 bridgehead atoms. The van der Waals surface area contributed by atoms with Gasteiger partial charge in [-0.2, -0.15) is 4.98 Å². The van der Waals surface area contributed by atoms with Crippen molar-refractivity contribution in [1.29, 1.82) is 0 Å². The van der Waals surface area contributed by atoms with Gasteiger partial charge in [-0.1, -0.05) is 32.0 Å². The van der Waals surface area contributed by atoms with Gasteiger partial charge in [-0.05, 0) is 76.6 Å². The summed E-state index contributed by atoms with van der Waals surface area (Å²) in [7, 11) is 3.39. The fraction of sp³-hybridized carbons (Fsp3) is 0.514. The Balaban J connectivity index is 0.000000984. The Bertz CT molecular complexity index is 1380. The summed E-state index contributed by atoms with van der Waals surface area (Å²) in [5, 5.41) is 5.23. The standard InChI is InChI=1S/C30H41N5O4S.C5H11NO/c1-8-30(5,6)39-28(37)23(19-21-14-16-22(38-7)17-15-21)32-26-24(20-31-29(33-26)34(9-2)10-3)35(11-4)27(36)25-13-12-18-40-25;1-3-4-6(2)5-7/h12-18,20,23H,8-11,19H2,1-7H3,(H,31,32,33);5H,3-4H2,1-2H3. The average Bonchev–Trinajstić information content (AvgIpc) is 3.62. The van der Waals surface area contributed by atoms with E-state index in [9.17, 15) is 14.4 Å². The van der Waals surface area contributed by atoms with E-state index in [4.69, 9.17) is 14.5 Å². The molecule has 0 aliphatic heterocycles. The van der Waals surface area contributed by atoms with E-state index < -0.39 is 17.6 Å². The largest absolute Gasteiger partial charge is 0.497 e. The molecule has 0 spiro atoms. The number of hydrogen-bond acceptors (Lipinski definition) is 10. The first-order chi connectivity index (χ1) is 22.5. The van der Waals surface area contributed by atoms with Gasteiger partial charge in [-0.3, -0.25) is 9.59 Å². The van der Waals surface area contributed by atoms with E-state index in [2.05, 4.69) is 10.3 Å². The maximum Gasteiger partial charge on any atom is 0.329 e. The molecule has 11 nitrogen and oxygen atoms in total. The zero-order chi connectivity index (χ0) is 35.0. The van der Waals surface area contributed by atoms with Crippen LogP contribution in [0.15, 0.2) is 48.0 Å². The molecule has 258 valence electrons. The highest BCUT2D eigenvalue weighted by Gasteiger charge is 2.30. The van der Waals surface area contributed by atoms with Crippen molar-refractivity contribution < 1.29 is 23.9 Å². The summed E-state index contributed by atoms with van der Waals surface area (Å²) in [5.74, 6) is 1.09. The van der Waals surface area contributed by atoms with Crippen molar-refractivity contribution >= 4 is 47.1 Å². The third-order valence-electron chi connectivity index (χ3n) is 7.57. The van der Waals surface area contributed by atoms with Gasteiger partial charge >= 0.3 is 5.97 Å². The van der Waals surface area contributed by atoms with Gasteiger partial charge in [0.05, 0.1) is 18.2 Å². The second kappa shape index (κ2) is 19.5. The van der Waals surface area contributed by atoms with Crippen LogP contribution in [0.5, 0.6) is 5.75 Å². The molecule has 0 aliphatic carbocycles. The molecular formula is C35H52N6O5S. The van der Waals surface area contributed by atoms with Crippen molar-refractivity contribution in [1.82, 2.24) is 14.9 Å². The molecule has 2 aromatic heterocycles. The minimum atomic E-state index is -0.770. The highest BCUT2D eigenvalue weighted by molar-refractivity contribution is 7.12. The Kier molecular flexibility index (Phi) is 16.1. The van der Waals surface area contributed by atoms with Crippen LogP contribution in [0.2, 0.25) is 0 Å². The predicted octanol–water partition coefficient (Wildman–Crippen LogP) is 6.30. The number of rotatable bonds is 17. The number of benzene rings is 1. The number of carbonyl (C=O) groups excluding carboxylic acids is 3. The fourth-order valence-electron chi connectivity index (χ4n) is 4.46. The molecule has 3 rings (SSSR count). The van der Waals surface area contributed by atoms with Gasteiger partial charge in [-0.25, -0.2) is 9.78 Å². The number of amides is 2. The monoisotopic (exact) mass is 668 g/mol. The molecule has 0 radical (unpaired) electrons. The van der Waals surface area contributed by atoms with Gasteiger partial charge < -0.3 is 29.5 Å². The van der Waals surface area contributed by atoms with Crippen LogP contribution >= 0.6 is 11.3 Å². The number of aromatic nitrogens is 2. The summed E-state index contributed by atoms with van der Waals surface area (Å²) in [6.45, 7) is 16.5. The summed E-state index contributed by atoms with van der Waals surface area (Å²) in [6.07, 6.45) is 4.54. The molecule has 12 heteroatoms. The Hall–Kier alpha value is -4.19. The number of nitrogens with zero attached hydrogens (tertiary/aromatic N) is 5. The van der Waals surface area contributed by atoms with Crippen LogP contribution in [0, 0.1) is 0 Å². The van der Waals surface area contributed by atoms with E-state index in [1.807, 2.05) is 89.1 Å². The zero-order valence-electron chi connectivity index (χ0n) is 29.4. The number of methoxy groups -OCH3 is 1. The van der Waals surface area contributed by atoms with Gasteiger partial charge in [0.1, 0.15) is 23.1 Å². The normalized spacial score (nSPS) is 11.4. The Morgan fingerprint density at radius 3 is 2.21 bits per heavy atom. The van der Waals surface area contributed by atoms with Gasteiger partial charge in [0, 0.05) is 39.6 Å². The predicted molar refractivity (Wildman–Crippen MR) is 191 cm³/mol. The number of ether oxygens (including phenoxy) is 2. The minimum Gasteiger partial charge on any atom is -0.497 e. The van der Waals surface area contributed by atoms with E-state index in [0.717, 1.165) is 30.7 Å². The summed E-state index contributed by atoms with van der Waals surface area (Å²) < 4.78 is 11.2. The average molecular weight is 669 g/mol. The van der Waals surface area contributed by atoms with Gasteiger partial charge in [0.15, 0.2) is 5.82 Å². The van der Waals surface area contributed by atoms with E-state index in [0.29, 0.717) is 54.8 Å². The molecule has 0 aliphatic rings. The van der Waals surface area contributed by atoms with Crippen molar-refractivity contribution in [2.24, 2.45) is 0 Å². The van der Waals surface area contributed by atoms with Crippen LogP contribution in [0.4, 0.5) is 17.5 Å². The first-order valence-electron chi connectivity index (χ1n) is 16.2. The van der Waals surface area contributed by atoms with Crippen molar-refractivity contribution in [2.45, 2.75) is 79.4 Å². The van der Waals surface area contributed by atoms with E-state index in [-0.39, 0.29) is 5.91 Å². The third-order valence-corrected chi connectivity index (χ3v) is 8.42. The molecule has 3 aromatic rings. The highest BCUT2D eigenvalue weighted by Crippen LogP contribution is 2.30. The van der Waals surface area contributed by atoms with Gasteiger partial charge in [0.25, 0.3) is 5.91 Å². The zero-order valence-corrected chi connectivity index (χ0v) is 30.2. The third kappa shape index (κ3) is 11.8. The van der Waals surface area contributed by atoms with E-state index >= 15 is 0 Å². The number of esters is 1. The second-order valence-electron chi connectivity index (χ2n) is 11.5. The first-order valence-corrected chi connectivity index (χ1v) is 17.1. The number of thiophene rings is 1. The molecule has 1 aromatic carbocycles. The second-order valence-corrected chi connectivity index (χ2v) is 12.4. The summed E-state index contributed by atoms with van der Waals surface area (Å²) in [6, 6.07) is 10.4. The maximum atomic E-state index is 13.6. The first kappa shape index (κ1) is 39.0. The van der Waals surface area contributed by atoms with Crippen LogP contribution in [-0.2, 0) is 20.7 Å². The van der Waals surface area contributed by atoms with Crippen LogP contribution in [0.3, 0.4) is 0 Å². The van der Waals surface area contributed by atoms with Gasteiger partial charge in [-0.15, -0.1) is 11.3 Å². The molecule has 0 saturated carbocycles. The molecule has 2 amide bonds. The summed E-state index contributed by atoms with van der Waals surface area (Å²) in [4.78, 5) is 52.2. The van der Waals surface area contributed by atoms with Crippen molar-refractivity contribution in [3.8, 4) is 5.75 Å². The molecule has 2 heterocycles. The Labute approximate surface area is 284 Å². The van der Waals surface area contributed by atoms with Gasteiger partial charge in [0.2, 0.25) is 12.4 Å². The van der Waals surface area contributed by atoms with Crippen LogP contribution in [0.25, 0.3) is 0 Å². The fourth-order valence-corrected chi connectivity index (χ4v) is 5.13. The van der Waals surface area contributed by atoms with Crippen LogP contribution in [0.1, 0.15) is 76.5 Å². The lowest BCUT2D eigenvalue weighted by Crippen LogP contribution is -2.40. The molecule has 1 unspecified atom stereocenters. The smallest absolute Gasteiger partial charge is 0.329 e. The van der Waals surface area contributed by atoms with Crippen LogP contribution < -0.4 is 19.9 Å². The highest BCUT2D eigenvalue weighted by atomic mass is 32.1. The molecule has 1 atom stereocenters. The quantitative estimate of drug-likeness (QED) is 0.131. The summed E-state index contributed by atoms with van der Waals surface area (Å²) in [5.41, 5.74) is 0.785.